The first-order valence-electron chi connectivity index (χ1n) is 10.4. The Bertz CT molecular complexity index is 1380. The highest BCUT2D eigenvalue weighted by Gasteiger charge is 2.39. The number of hydrogen-bond donors (Lipinski definition) is 2. The van der Waals surface area contributed by atoms with Crippen LogP contribution in [0.3, 0.4) is 0 Å². The summed E-state index contributed by atoms with van der Waals surface area (Å²) in [5.41, 5.74) is 2.64. The van der Waals surface area contributed by atoms with Gasteiger partial charge in [0.2, 0.25) is 0 Å². The van der Waals surface area contributed by atoms with Crippen LogP contribution in [-0.4, -0.2) is 64.4 Å². The number of aromatic nitrogens is 4. The quantitative estimate of drug-likeness (QED) is 0.469. The lowest BCUT2D eigenvalue weighted by Gasteiger charge is -2.52. The maximum atomic E-state index is 13.3. The zero-order chi connectivity index (χ0) is 22.0. The molecule has 3 aromatic heterocycles. The third-order valence-corrected chi connectivity index (χ3v) is 9.51. The van der Waals surface area contributed by atoms with Gasteiger partial charge in [0.05, 0.1) is 30.5 Å². The summed E-state index contributed by atoms with van der Waals surface area (Å²) in [6.07, 6.45) is 2.28. The number of methoxy groups -OCH3 is 1. The standard InChI is InChI=1S/C21H23N5O4S2/c1-30-15-4-2-13(3-5-15)8-25-20-18(19-22-12-23-26(19)21(25)27)16-6-7-24(9-17(16)31-20)14-10-32(28,29)11-14/h2-5,12,14,28-29H,6-11H2,1H3. The number of nitrogens with zero attached hydrogens (tertiary/aromatic N) is 5. The lowest BCUT2D eigenvalue weighted by atomic mass is 10.0. The average Bonchev–Trinajstić information content (AvgIpc) is 3.39. The highest BCUT2D eigenvalue weighted by atomic mass is 32.3. The summed E-state index contributed by atoms with van der Waals surface area (Å²) in [7, 11) is -0.737. The molecule has 2 aliphatic rings. The van der Waals surface area contributed by atoms with Crippen molar-refractivity contribution >= 4 is 37.8 Å². The molecular weight excluding hydrogens is 450 g/mol. The number of hydrogen-bond acceptors (Lipinski definition) is 8. The molecule has 1 saturated heterocycles. The fraction of sp³-hybridized carbons (Fsp3) is 0.381. The van der Waals surface area contributed by atoms with E-state index in [1.807, 2.05) is 24.3 Å². The molecule has 1 fully saturated rings. The summed E-state index contributed by atoms with van der Waals surface area (Å²) in [6.45, 7) is 2.05. The summed E-state index contributed by atoms with van der Waals surface area (Å²) < 4.78 is 28.0. The van der Waals surface area contributed by atoms with E-state index in [0.29, 0.717) is 23.7 Å². The van der Waals surface area contributed by atoms with Gasteiger partial charge in [-0.3, -0.25) is 18.6 Å². The van der Waals surface area contributed by atoms with Gasteiger partial charge in [-0.15, -0.1) is 11.3 Å². The molecule has 2 aliphatic heterocycles. The summed E-state index contributed by atoms with van der Waals surface area (Å²) >= 11 is 1.64. The van der Waals surface area contributed by atoms with E-state index in [9.17, 15) is 13.9 Å². The molecule has 32 heavy (non-hydrogen) atoms. The first-order valence-corrected chi connectivity index (χ1v) is 13.1. The molecule has 11 heteroatoms. The van der Waals surface area contributed by atoms with Crippen LogP contribution in [0, 0.1) is 0 Å². The molecule has 0 radical (unpaired) electrons. The smallest absolute Gasteiger partial charge is 0.352 e. The van der Waals surface area contributed by atoms with Crippen LogP contribution in [0.4, 0.5) is 0 Å². The fourth-order valence-corrected chi connectivity index (χ4v) is 7.64. The van der Waals surface area contributed by atoms with Gasteiger partial charge in [-0.05, 0) is 29.7 Å². The average molecular weight is 474 g/mol. The normalized spacial score (nSPS) is 19.7. The number of rotatable bonds is 4. The molecule has 0 bridgehead atoms. The van der Waals surface area contributed by atoms with Gasteiger partial charge in [0.25, 0.3) is 0 Å². The van der Waals surface area contributed by atoms with Crippen LogP contribution in [0.5, 0.6) is 5.75 Å². The van der Waals surface area contributed by atoms with Crippen molar-refractivity contribution in [1.82, 2.24) is 24.1 Å². The molecule has 9 nitrogen and oxygen atoms in total. The molecule has 0 unspecified atom stereocenters. The summed E-state index contributed by atoms with van der Waals surface area (Å²) in [6, 6.07) is 7.94. The molecule has 6 rings (SSSR count). The van der Waals surface area contributed by atoms with Crippen molar-refractivity contribution in [2.45, 2.75) is 25.6 Å². The highest BCUT2D eigenvalue weighted by molar-refractivity contribution is 8.25. The van der Waals surface area contributed by atoms with E-state index in [1.165, 1.54) is 21.3 Å². The van der Waals surface area contributed by atoms with Crippen LogP contribution in [0.25, 0.3) is 15.9 Å². The highest BCUT2D eigenvalue weighted by Crippen LogP contribution is 2.51. The van der Waals surface area contributed by atoms with Crippen molar-refractivity contribution in [3.05, 3.63) is 57.1 Å². The van der Waals surface area contributed by atoms with Crippen LogP contribution >= 0.6 is 21.9 Å². The Balaban J connectivity index is 1.44. The maximum Gasteiger partial charge on any atom is 0.352 e. The van der Waals surface area contributed by atoms with Crippen LogP contribution < -0.4 is 10.4 Å². The lowest BCUT2D eigenvalue weighted by Crippen LogP contribution is -2.51. The molecule has 1 aromatic carbocycles. The van der Waals surface area contributed by atoms with Crippen molar-refractivity contribution in [3.63, 3.8) is 0 Å². The Morgan fingerprint density at radius 2 is 2.03 bits per heavy atom. The largest absolute Gasteiger partial charge is 0.497 e. The van der Waals surface area contributed by atoms with Gasteiger partial charge < -0.3 is 4.74 Å². The number of fused-ring (bicyclic) bond motifs is 5. The van der Waals surface area contributed by atoms with Crippen molar-refractivity contribution in [2.75, 3.05) is 25.2 Å². The van der Waals surface area contributed by atoms with Gasteiger partial charge in [0.1, 0.15) is 16.9 Å². The molecule has 0 spiro atoms. The molecule has 0 atom stereocenters. The molecule has 2 N–H and O–H groups in total. The number of benzene rings is 1. The van der Waals surface area contributed by atoms with E-state index in [4.69, 9.17) is 4.74 Å². The van der Waals surface area contributed by atoms with Crippen LogP contribution in [0.15, 0.2) is 35.4 Å². The van der Waals surface area contributed by atoms with E-state index < -0.39 is 10.6 Å². The second kappa shape index (κ2) is 7.29. The zero-order valence-electron chi connectivity index (χ0n) is 17.5. The summed E-state index contributed by atoms with van der Waals surface area (Å²) in [5.74, 6) is 1.70. The van der Waals surface area contributed by atoms with Gasteiger partial charge in [-0.1, -0.05) is 12.1 Å². The first kappa shape index (κ1) is 20.2. The number of thiophene rings is 1. The molecular formula is C21H23N5O4S2. The van der Waals surface area contributed by atoms with Crippen molar-refractivity contribution in [2.24, 2.45) is 0 Å². The summed E-state index contributed by atoms with van der Waals surface area (Å²) in [4.78, 5) is 22.2. The van der Waals surface area contributed by atoms with Crippen LogP contribution in [0.2, 0.25) is 0 Å². The van der Waals surface area contributed by atoms with Crippen molar-refractivity contribution in [3.8, 4) is 5.75 Å². The molecule has 0 saturated carbocycles. The van der Waals surface area contributed by atoms with Crippen molar-refractivity contribution in [1.29, 1.82) is 0 Å². The number of ether oxygens (including phenoxy) is 1. The third kappa shape index (κ3) is 3.15. The minimum absolute atomic E-state index is 0.204. The Morgan fingerprint density at radius 3 is 2.75 bits per heavy atom. The third-order valence-electron chi connectivity index (χ3n) is 6.43. The molecule has 5 heterocycles. The van der Waals surface area contributed by atoms with Gasteiger partial charge in [-0.2, -0.15) is 20.2 Å². The topological polar surface area (TPSA) is 105 Å². The Morgan fingerprint density at radius 1 is 1.25 bits per heavy atom. The van der Waals surface area contributed by atoms with E-state index in [1.54, 1.807) is 23.0 Å². The van der Waals surface area contributed by atoms with Crippen LogP contribution in [-0.2, 0) is 19.5 Å². The van der Waals surface area contributed by atoms with Crippen molar-refractivity contribution < 1.29 is 13.8 Å². The van der Waals surface area contributed by atoms with E-state index in [0.717, 1.165) is 41.0 Å². The Kier molecular flexibility index (Phi) is 4.60. The van der Waals surface area contributed by atoms with E-state index in [-0.39, 0.29) is 11.7 Å². The van der Waals surface area contributed by atoms with Gasteiger partial charge in [0, 0.05) is 24.0 Å². The van der Waals surface area contributed by atoms with Crippen LogP contribution in [0.1, 0.15) is 16.0 Å². The SMILES string of the molecule is COc1ccc(Cn2c(=O)n3ncnc3c3c4c(sc32)CN(C2CS(O)(O)C2)CC4)cc1. The second-order valence-corrected chi connectivity index (χ2v) is 11.8. The maximum absolute atomic E-state index is 13.3. The first-order chi connectivity index (χ1) is 15.4. The van der Waals surface area contributed by atoms with Gasteiger partial charge >= 0.3 is 5.69 Å². The fourth-order valence-electron chi connectivity index (χ4n) is 4.73. The molecule has 168 valence electrons. The molecule has 0 amide bonds. The molecule has 4 aromatic rings. The minimum atomic E-state index is -2.37. The summed E-state index contributed by atoms with van der Waals surface area (Å²) in [5, 5.41) is 5.21. The zero-order valence-corrected chi connectivity index (χ0v) is 19.1. The van der Waals surface area contributed by atoms with Gasteiger partial charge in [-0.25, -0.2) is 9.78 Å². The predicted octanol–water partition coefficient (Wildman–Crippen LogP) is 2.65. The monoisotopic (exact) mass is 473 g/mol. The Labute approximate surface area is 189 Å². The Hall–Kier alpha value is -2.44. The van der Waals surface area contributed by atoms with Gasteiger partial charge in [0.15, 0.2) is 5.65 Å². The lowest BCUT2D eigenvalue weighted by molar-refractivity contribution is 0.191. The van der Waals surface area contributed by atoms with E-state index >= 15 is 0 Å². The predicted molar refractivity (Wildman–Crippen MR) is 125 cm³/mol. The minimum Gasteiger partial charge on any atom is -0.497 e. The second-order valence-electron chi connectivity index (χ2n) is 8.41. The van der Waals surface area contributed by atoms with E-state index in [2.05, 4.69) is 15.0 Å². The molecule has 0 aliphatic carbocycles.